The molecule has 0 spiro atoms. The minimum Gasteiger partial charge on any atom is -0.457 e. The number of halogens is 1. The monoisotopic (exact) mass is 301 g/mol. The third-order valence-electron chi connectivity index (χ3n) is 3.08. The summed E-state index contributed by atoms with van der Waals surface area (Å²) < 4.78 is 18.5. The van der Waals surface area contributed by atoms with Crippen molar-refractivity contribution in [1.82, 2.24) is 5.32 Å². The Morgan fingerprint density at radius 1 is 1.09 bits per heavy atom. The molecule has 0 radical (unpaired) electrons. The molecule has 0 bridgehead atoms. The van der Waals surface area contributed by atoms with Gasteiger partial charge in [-0.15, -0.1) is 0 Å². The van der Waals surface area contributed by atoms with Gasteiger partial charge in [-0.2, -0.15) is 0 Å². The van der Waals surface area contributed by atoms with Crippen LogP contribution in [-0.2, 0) is 11.3 Å². The molecule has 2 aromatic rings. The van der Waals surface area contributed by atoms with Crippen molar-refractivity contribution in [3.8, 4) is 11.5 Å². The molecule has 0 fully saturated rings. The number of hydrogen-bond acceptors (Lipinski definition) is 2. The van der Waals surface area contributed by atoms with Gasteiger partial charge in [0.25, 0.3) is 0 Å². The van der Waals surface area contributed by atoms with E-state index >= 15 is 0 Å². The molecule has 0 heterocycles. The van der Waals surface area contributed by atoms with E-state index in [0.29, 0.717) is 18.0 Å². The summed E-state index contributed by atoms with van der Waals surface area (Å²) in [4.78, 5) is 11.9. The molecule has 0 aliphatic heterocycles. The van der Waals surface area contributed by atoms with Crippen molar-refractivity contribution >= 4 is 5.91 Å². The Kier molecular flexibility index (Phi) is 4.81. The van der Waals surface area contributed by atoms with E-state index in [1.807, 2.05) is 45.0 Å². The molecular formula is C18H20FNO2. The van der Waals surface area contributed by atoms with E-state index in [2.05, 4.69) is 5.32 Å². The number of rotatable bonds is 4. The van der Waals surface area contributed by atoms with Gasteiger partial charge < -0.3 is 10.1 Å². The smallest absolute Gasteiger partial charge is 0.225 e. The van der Waals surface area contributed by atoms with E-state index in [9.17, 15) is 9.18 Å². The molecule has 0 atom stereocenters. The quantitative estimate of drug-likeness (QED) is 0.915. The first kappa shape index (κ1) is 16.0. The van der Waals surface area contributed by atoms with Crippen molar-refractivity contribution in [2.24, 2.45) is 5.41 Å². The fourth-order valence-corrected chi connectivity index (χ4v) is 1.81. The van der Waals surface area contributed by atoms with Crippen LogP contribution in [0.4, 0.5) is 4.39 Å². The fraction of sp³-hybridized carbons (Fsp3) is 0.278. The topological polar surface area (TPSA) is 38.3 Å². The van der Waals surface area contributed by atoms with Gasteiger partial charge in [-0.1, -0.05) is 32.9 Å². The predicted molar refractivity (Wildman–Crippen MR) is 84.2 cm³/mol. The molecular weight excluding hydrogens is 281 g/mol. The van der Waals surface area contributed by atoms with Crippen LogP contribution in [0, 0.1) is 11.2 Å². The van der Waals surface area contributed by atoms with E-state index < -0.39 is 5.41 Å². The minimum atomic E-state index is -0.414. The molecule has 22 heavy (non-hydrogen) atoms. The van der Waals surface area contributed by atoms with Crippen LogP contribution in [0.25, 0.3) is 0 Å². The third kappa shape index (κ3) is 4.58. The van der Waals surface area contributed by atoms with Gasteiger partial charge >= 0.3 is 0 Å². The third-order valence-corrected chi connectivity index (χ3v) is 3.08. The second-order valence-corrected chi connectivity index (χ2v) is 6.14. The maximum Gasteiger partial charge on any atom is 0.225 e. The lowest BCUT2D eigenvalue weighted by molar-refractivity contribution is -0.128. The number of hydrogen-bond donors (Lipinski definition) is 1. The van der Waals surface area contributed by atoms with Crippen LogP contribution in [0.3, 0.4) is 0 Å². The molecule has 3 nitrogen and oxygen atoms in total. The molecule has 0 aliphatic carbocycles. The molecule has 0 aromatic heterocycles. The lowest BCUT2D eigenvalue weighted by atomic mass is 9.95. The summed E-state index contributed by atoms with van der Waals surface area (Å²) in [6, 6.07) is 13.3. The lowest BCUT2D eigenvalue weighted by Crippen LogP contribution is -2.34. The first-order chi connectivity index (χ1) is 10.3. The molecule has 0 aliphatic rings. The maximum atomic E-state index is 12.9. The number of ether oxygens (including phenoxy) is 1. The summed E-state index contributed by atoms with van der Waals surface area (Å²) >= 11 is 0. The summed E-state index contributed by atoms with van der Waals surface area (Å²) in [7, 11) is 0. The second-order valence-electron chi connectivity index (χ2n) is 6.14. The number of nitrogens with one attached hydrogen (secondary N) is 1. The van der Waals surface area contributed by atoms with Crippen molar-refractivity contribution in [3.05, 3.63) is 59.9 Å². The Bertz CT molecular complexity index is 645. The van der Waals surface area contributed by atoms with Gasteiger partial charge in [0.15, 0.2) is 0 Å². The molecule has 1 amide bonds. The van der Waals surface area contributed by atoms with Crippen molar-refractivity contribution in [2.75, 3.05) is 0 Å². The molecule has 0 unspecified atom stereocenters. The van der Waals surface area contributed by atoms with Gasteiger partial charge in [0, 0.05) is 12.0 Å². The van der Waals surface area contributed by atoms with E-state index in [0.717, 1.165) is 5.56 Å². The van der Waals surface area contributed by atoms with Gasteiger partial charge in [0.05, 0.1) is 0 Å². The van der Waals surface area contributed by atoms with E-state index in [4.69, 9.17) is 4.74 Å². The van der Waals surface area contributed by atoms with Gasteiger partial charge in [-0.25, -0.2) is 4.39 Å². The summed E-state index contributed by atoms with van der Waals surface area (Å²) in [5, 5.41) is 2.89. The molecule has 116 valence electrons. The Morgan fingerprint density at radius 2 is 1.77 bits per heavy atom. The zero-order valence-electron chi connectivity index (χ0n) is 13.0. The highest BCUT2D eigenvalue weighted by atomic mass is 19.1. The molecule has 4 heteroatoms. The molecule has 0 saturated carbocycles. The van der Waals surface area contributed by atoms with Gasteiger partial charge in [0.2, 0.25) is 5.91 Å². The number of benzene rings is 2. The SMILES string of the molecule is CC(C)(C)C(=O)NCc1cccc(Oc2ccc(F)cc2)c1. The summed E-state index contributed by atoms with van der Waals surface area (Å²) in [6.07, 6.45) is 0. The molecule has 0 saturated heterocycles. The Morgan fingerprint density at radius 3 is 2.41 bits per heavy atom. The van der Waals surface area contributed by atoms with Crippen LogP contribution in [0.1, 0.15) is 26.3 Å². The normalized spacial score (nSPS) is 11.1. The fourth-order valence-electron chi connectivity index (χ4n) is 1.81. The van der Waals surface area contributed by atoms with E-state index in [1.54, 1.807) is 12.1 Å². The summed E-state index contributed by atoms with van der Waals surface area (Å²) in [6.45, 7) is 6.06. The highest BCUT2D eigenvalue weighted by Gasteiger charge is 2.20. The second kappa shape index (κ2) is 6.60. The highest BCUT2D eigenvalue weighted by molar-refractivity contribution is 5.81. The van der Waals surface area contributed by atoms with Gasteiger partial charge in [0.1, 0.15) is 17.3 Å². The largest absolute Gasteiger partial charge is 0.457 e. The highest BCUT2D eigenvalue weighted by Crippen LogP contribution is 2.22. The summed E-state index contributed by atoms with van der Waals surface area (Å²) in [5.41, 5.74) is 0.527. The zero-order chi connectivity index (χ0) is 16.2. The van der Waals surface area contributed by atoms with Crippen molar-refractivity contribution in [2.45, 2.75) is 27.3 Å². The van der Waals surface area contributed by atoms with Gasteiger partial charge in [-0.3, -0.25) is 4.79 Å². The number of carbonyl (C=O) groups is 1. The van der Waals surface area contributed by atoms with Crippen molar-refractivity contribution in [3.63, 3.8) is 0 Å². The van der Waals surface area contributed by atoms with E-state index in [1.165, 1.54) is 12.1 Å². The van der Waals surface area contributed by atoms with Crippen molar-refractivity contribution in [1.29, 1.82) is 0 Å². The van der Waals surface area contributed by atoms with Crippen molar-refractivity contribution < 1.29 is 13.9 Å². The first-order valence-corrected chi connectivity index (χ1v) is 7.15. The Balaban J connectivity index is 2.01. The number of amides is 1. The summed E-state index contributed by atoms with van der Waals surface area (Å²) in [5.74, 6) is 0.912. The lowest BCUT2D eigenvalue weighted by Gasteiger charge is -2.17. The first-order valence-electron chi connectivity index (χ1n) is 7.15. The molecule has 2 rings (SSSR count). The average Bonchev–Trinajstić information content (AvgIpc) is 2.46. The zero-order valence-corrected chi connectivity index (χ0v) is 13.0. The Hall–Kier alpha value is -2.36. The molecule has 2 aromatic carbocycles. The predicted octanol–water partition coefficient (Wildman–Crippen LogP) is 4.28. The van der Waals surface area contributed by atoms with Crippen LogP contribution in [0.5, 0.6) is 11.5 Å². The van der Waals surface area contributed by atoms with Crippen LogP contribution in [0.2, 0.25) is 0 Å². The van der Waals surface area contributed by atoms with E-state index in [-0.39, 0.29) is 11.7 Å². The minimum absolute atomic E-state index is 0.00245. The average molecular weight is 301 g/mol. The number of carbonyl (C=O) groups excluding carboxylic acids is 1. The maximum absolute atomic E-state index is 12.9. The van der Waals surface area contributed by atoms with Crippen LogP contribution >= 0.6 is 0 Å². The Labute approximate surface area is 130 Å². The van der Waals surface area contributed by atoms with Crippen LogP contribution in [0.15, 0.2) is 48.5 Å². The van der Waals surface area contributed by atoms with Crippen LogP contribution < -0.4 is 10.1 Å². The molecule has 1 N–H and O–H groups in total. The standard InChI is InChI=1S/C18H20FNO2/c1-18(2,3)17(21)20-12-13-5-4-6-16(11-13)22-15-9-7-14(19)8-10-15/h4-11H,12H2,1-3H3,(H,20,21). The van der Waals surface area contributed by atoms with Gasteiger partial charge in [-0.05, 0) is 42.0 Å². The van der Waals surface area contributed by atoms with Crippen LogP contribution in [-0.4, -0.2) is 5.91 Å².